The van der Waals surface area contributed by atoms with E-state index in [1.807, 2.05) is 0 Å². The van der Waals surface area contributed by atoms with Gasteiger partial charge in [0.1, 0.15) is 6.54 Å². The number of piperazine rings is 1. The number of carbonyl (C=O) groups is 3. The highest BCUT2D eigenvalue weighted by Gasteiger charge is 2.32. The van der Waals surface area contributed by atoms with Crippen molar-refractivity contribution in [1.29, 1.82) is 0 Å². The molecule has 0 spiro atoms. The van der Waals surface area contributed by atoms with Crippen LogP contribution in [0, 0.1) is 0 Å². The van der Waals surface area contributed by atoms with E-state index in [1.165, 1.54) is 0 Å². The highest BCUT2D eigenvalue weighted by molar-refractivity contribution is 6.03. The normalized spacial score (nSPS) is 20.1. The number of rotatable bonds is 6. The van der Waals surface area contributed by atoms with Gasteiger partial charge in [0.2, 0.25) is 17.7 Å². The van der Waals surface area contributed by atoms with Gasteiger partial charge in [-0.05, 0) is 13.3 Å². The molecule has 0 aliphatic carbocycles. The molecule has 7 nitrogen and oxygen atoms in total. The number of imide groups is 1. The van der Waals surface area contributed by atoms with Crippen molar-refractivity contribution in [2.75, 3.05) is 33.4 Å². The largest absolute Gasteiger partial charge is 0.385 e. The van der Waals surface area contributed by atoms with Gasteiger partial charge in [-0.3, -0.25) is 24.6 Å². The summed E-state index contributed by atoms with van der Waals surface area (Å²) in [5.74, 6) is -1.06. The topological polar surface area (TPSA) is 87.7 Å². The van der Waals surface area contributed by atoms with E-state index in [9.17, 15) is 14.4 Å². The summed E-state index contributed by atoms with van der Waals surface area (Å²) in [7, 11) is 1.58. The summed E-state index contributed by atoms with van der Waals surface area (Å²) in [6.07, 6.45) is 0.697. The lowest BCUT2D eigenvalue weighted by Gasteiger charge is -2.29. The maximum Gasteiger partial charge on any atom is 0.246 e. The molecule has 1 rings (SSSR count). The Morgan fingerprint density at radius 2 is 2.28 bits per heavy atom. The van der Waals surface area contributed by atoms with Crippen molar-refractivity contribution in [3.05, 3.63) is 0 Å². The van der Waals surface area contributed by atoms with Gasteiger partial charge in [-0.25, -0.2) is 0 Å². The first kappa shape index (κ1) is 14.6. The molecule has 1 aliphatic rings. The minimum Gasteiger partial charge on any atom is -0.385 e. The van der Waals surface area contributed by atoms with Crippen molar-refractivity contribution in [3.63, 3.8) is 0 Å². The molecule has 102 valence electrons. The number of methoxy groups -OCH3 is 1. The lowest BCUT2D eigenvalue weighted by atomic mass is 10.2. The summed E-state index contributed by atoms with van der Waals surface area (Å²) in [6.45, 7) is 2.57. The van der Waals surface area contributed by atoms with Crippen molar-refractivity contribution in [2.24, 2.45) is 0 Å². The van der Waals surface area contributed by atoms with Gasteiger partial charge in [-0.1, -0.05) is 0 Å². The van der Waals surface area contributed by atoms with Gasteiger partial charge in [-0.15, -0.1) is 0 Å². The standard InChI is InChI=1S/C11H19N3O4/c1-8-11(17)14(10(16)6-13-8)7-9(15)12-4-3-5-18-2/h8,13H,3-7H2,1-2H3,(H,12,15). The molecule has 0 saturated carbocycles. The Bertz CT molecular complexity index is 332. The van der Waals surface area contributed by atoms with Crippen LogP contribution in [0.5, 0.6) is 0 Å². The first-order chi connectivity index (χ1) is 8.56. The number of hydrogen-bond donors (Lipinski definition) is 2. The zero-order valence-electron chi connectivity index (χ0n) is 10.7. The monoisotopic (exact) mass is 257 g/mol. The smallest absolute Gasteiger partial charge is 0.246 e. The first-order valence-electron chi connectivity index (χ1n) is 5.89. The fourth-order valence-electron chi connectivity index (χ4n) is 1.59. The summed E-state index contributed by atoms with van der Waals surface area (Å²) in [5.41, 5.74) is 0. The number of nitrogens with zero attached hydrogens (tertiary/aromatic N) is 1. The molecule has 0 bridgehead atoms. The molecule has 7 heteroatoms. The summed E-state index contributed by atoms with van der Waals surface area (Å²) in [6, 6.07) is -0.427. The molecule has 3 amide bonds. The fraction of sp³-hybridized carbons (Fsp3) is 0.727. The maximum absolute atomic E-state index is 11.7. The lowest BCUT2D eigenvalue weighted by molar-refractivity contribution is -0.151. The van der Waals surface area contributed by atoms with Crippen LogP contribution in [0.4, 0.5) is 0 Å². The minimum atomic E-state index is -0.427. The van der Waals surface area contributed by atoms with E-state index in [0.717, 1.165) is 4.90 Å². The van der Waals surface area contributed by atoms with Gasteiger partial charge in [0.05, 0.1) is 12.6 Å². The molecule has 1 heterocycles. The zero-order chi connectivity index (χ0) is 13.5. The van der Waals surface area contributed by atoms with Crippen LogP contribution in [0.25, 0.3) is 0 Å². The molecule has 0 aromatic carbocycles. The molecule has 1 saturated heterocycles. The second-order valence-electron chi connectivity index (χ2n) is 4.12. The molecular formula is C11H19N3O4. The fourth-order valence-corrected chi connectivity index (χ4v) is 1.59. The molecule has 0 radical (unpaired) electrons. The molecular weight excluding hydrogens is 238 g/mol. The summed E-state index contributed by atoms with van der Waals surface area (Å²) in [5, 5.41) is 5.39. The van der Waals surface area contributed by atoms with Crippen molar-refractivity contribution in [2.45, 2.75) is 19.4 Å². The maximum atomic E-state index is 11.7. The molecule has 1 atom stereocenters. The van der Waals surface area contributed by atoms with Gasteiger partial charge in [0, 0.05) is 20.3 Å². The van der Waals surface area contributed by atoms with E-state index in [0.29, 0.717) is 19.6 Å². The molecule has 1 unspecified atom stereocenters. The number of ether oxygens (including phenoxy) is 1. The summed E-state index contributed by atoms with van der Waals surface area (Å²) < 4.78 is 4.84. The van der Waals surface area contributed by atoms with Crippen LogP contribution in [-0.4, -0.2) is 62.0 Å². The zero-order valence-corrected chi connectivity index (χ0v) is 10.7. The Morgan fingerprint density at radius 1 is 1.56 bits per heavy atom. The Labute approximate surface area is 106 Å². The van der Waals surface area contributed by atoms with Gasteiger partial charge in [0.15, 0.2) is 0 Å². The van der Waals surface area contributed by atoms with Crippen molar-refractivity contribution in [1.82, 2.24) is 15.5 Å². The van der Waals surface area contributed by atoms with Crippen LogP contribution in [0.2, 0.25) is 0 Å². The molecule has 18 heavy (non-hydrogen) atoms. The third kappa shape index (κ3) is 4.08. The first-order valence-corrected chi connectivity index (χ1v) is 5.89. The Kier molecular flexibility index (Phi) is 5.73. The number of hydrogen-bond acceptors (Lipinski definition) is 5. The Morgan fingerprint density at radius 3 is 2.94 bits per heavy atom. The van der Waals surface area contributed by atoms with E-state index in [2.05, 4.69) is 10.6 Å². The van der Waals surface area contributed by atoms with E-state index in [1.54, 1.807) is 14.0 Å². The van der Waals surface area contributed by atoms with Gasteiger partial charge in [-0.2, -0.15) is 0 Å². The minimum absolute atomic E-state index is 0.0872. The van der Waals surface area contributed by atoms with E-state index < -0.39 is 6.04 Å². The van der Waals surface area contributed by atoms with Crippen LogP contribution >= 0.6 is 0 Å². The average Bonchev–Trinajstić information content (AvgIpc) is 2.35. The molecule has 1 fully saturated rings. The van der Waals surface area contributed by atoms with Crippen LogP contribution in [0.3, 0.4) is 0 Å². The number of carbonyl (C=O) groups excluding carboxylic acids is 3. The quantitative estimate of drug-likeness (QED) is 0.446. The van der Waals surface area contributed by atoms with E-state index in [-0.39, 0.29) is 30.8 Å². The molecule has 0 aromatic rings. The molecule has 2 N–H and O–H groups in total. The highest BCUT2D eigenvalue weighted by Crippen LogP contribution is 2.01. The second-order valence-corrected chi connectivity index (χ2v) is 4.12. The number of amides is 3. The third-order valence-electron chi connectivity index (χ3n) is 2.65. The Hall–Kier alpha value is -1.47. The van der Waals surface area contributed by atoms with E-state index in [4.69, 9.17) is 4.74 Å². The van der Waals surface area contributed by atoms with Crippen LogP contribution in [0.1, 0.15) is 13.3 Å². The van der Waals surface area contributed by atoms with Crippen molar-refractivity contribution in [3.8, 4) is 0 Å². The molecule has 0 aromatic heterocycles. The van der Waals surface area contributed by atoms with Gasteiger partial charge >= 0.3 is 0 Å². The third-order valence-corrected chi connectivity index (χ3v) is 2.65. The predicted octanol–water partition coefficient (Wildman–Crippen LogP) is -1.51. The highest BCUT2D eigenvalue weighted by atomic mass is 16.5. The van der Waals surface area contributed by atoms with E-state index >= 15 is 0 Å². The average molecular weight is 257 g/mol. The predicted molar refractivity (Wildman–Crippen MR) is 63.7 cm³/mol. The van der Waals surface area contributed by atoms with Crippen LogP contribution in [-0.2, 0) is 19.1 Å². The SMILES string of the molecule is COCCCNC(=O)CN1C(=O)CNC(C)C1=O. The van der Waals surface area contributed by atoms with Gasteiger partial charge < -0.3 is 10.1 Å². The number of nitrogens with one attached hydrogen (secondary N) is 2. The lowest BCUT2D eigenvalue weighted by Crippen LogP contribution is -2.58. The Balaban J connectivity index is 2.37. The van der Waals surface area contributed by atoms with Crippen molar-refractivity contribution >= 4 is 17.7 Å². The van der Waals surface area contributed by atoms with Crippen molar-refractivity contribution < 1.29 is 19.1 Å². The van der Waals surface area contributed by atoms with Crippen LogP contribution in [0.15, 0.2) is 0 Å². The summed E-state index contributed by atoms with van der Waals surface area (Å²) in [4.78, 5) is 35.7. The second kappa shape index (κ2) is 7.07. The van der Waals surface area contributed by atoms with Crippen LogP contribution < -0.4 is 10.6 Å². The molecule has 1 aliphatic heterocycles. The van der Waals surface area contributed by atoms with Gasteiger partial charge in [0.25, 0.3) is 0 Å². The summed E-state index contributed by atoms with van der Waals surface area (Å²) >= 11 is 0.